The SMILES string of the molecule is O=C(NC1(CO)CCOCC1)c1nc(-c2cccc(F)c2)c2ccccn12. The van der Waals surface area contributed by atoms with Crippen LogP contribution in [-0.4, -0.2) is 45.8 Å². The van der Waals surface area contributed by atoms with E-state index < -0.39 is 5.54 Å². The van der Waals surface area contributed by atoms with Crippen molar-refractivity contribution >= 4 is 11.4 Å². The summed E-state index contributed by atoms with van der Waals surface area (Å²) in [6.45, 7) is 0.803. The van der Waals surface area contributed by atoms with Gasteiger partial charge in [-0.05, 0) is 37.1 Å². The highest BCUT2D eigenvalue weighted by molar-refractivity contribution is 5.95. The molecule has 7 heteroatoms. The fourth-order valence-electron chi connectivity index (χ4n) is 3.43. The molecule has 0 bridgehead atoms. The first-order chi connectivity index (χ1) is 13.1. The first-order valence-electron chi connectivity index (χ1n) is 8.86. The number of imidazole rings is 1. The monoisotopic (exact) mass is 369 g/mol. The van der Waals surface area contributed by atoms with Crippen molar-refractivity contribution in [3.05, 3.63) is 60.3 Å². The first kappa shape index (κ1) is 17.6. The van der Waals surface area contributed by atoms with E-state index in [9.17, 15) is 14.3 Å². The smallest absolute Gasteiger partial charge is 0.288 e. The van der Waals surface area contributed by atoms with Gasteiger partial charge in [0.25, 0.3) is 5.91 Å². The van der Waals surface area contributed by atoms with E-state index in [0.717, 1.165) is 0 Å². The molecule has 1 aromatic carbocycles. The number of halogens is 1. The van der Waals surface area contributed by atoms with Gasteiger partial charge in [-0.25, -0.2) is 9.37 Å². The molecule has 27 heavy (non-hydrogen) atoms. The number of benzene rings is 1. The molecular formula is C20H20FN3O3. The van der Waals surface area contributed by atoms with Crippen LogP contribution in [0.2, 0.25) is 0 Å². The van der Waals surface area contributed by atoms with E-state index in [0.29, 0.717) is 42.8 Å². The van der Waals surface area contributed by atoms with Crippen LogP contribution in [0.4, 0.5) is 4.39 Å². The number of carbonyl (C=O) groups excluding carboxylic acids is 1. The number of nitrogens with zero attached hydrogens (tertiary/aromatic N) is 2. The highest BCUT2D eigenvalue weighted by Crippen LogP contribution is 2.26. The number of amides is 1. The minimum Gasteiger partial charge on any atom is -0.394 e. The van der Waals surface area contributed by atoms with Gasteiger partial charge in [-0.15, -0.1) is 0 Å². The van der Waals surface area contributed by atoms with E-state index in [-0.39, 0.29) is 24.2 Å². The predicted octanol–water partition coefficient (Wildman–Crippen LogP) is 2.41. The van der Waals surface area contributed by atoms with E-state index in [4.69, 9.17) is 4.74 Å². The number of hydrogen-bond acceptors (Lipinski definition) is 4. The zero-order valence-electron chi connectivity index (χ0n) is 14.7. The lowest BCUT2D eigenvalue weighted by Gasteiger charge is -2.36. The summed E-state index contributed by atoms with van der Waals surface area (Å²) in [5, 5.41) is 12.8. The van der Waals surface area contributed by atoms with E-state index in [1.165, 1.54) is 12.1 Å². The van der Waals surface area contributed by atoms with E-state index >= 15 is 0 Å². The summed E-state index contributed by atoms with van der Waals surface area (Å²) in [5.74, 6) is -0.545. The maximum absolute atomic E-state index is 13.7. The van der Waals surface area contributed by atoms with Crippen molar-refractivity contribution in [2.24, 2.45) is 0 Å². The Kier molecular flexibility index (Phi) is 4.63. The van der Waals surface area contributed by atoms with Gasteiger partial charge in [-0.3, -0.25) is 9.20 Å². The second kappa shape index (κ2) is 7.09. The summed E-state index contributed by atoms with van der Waals surface area (Å²) in [6.07, 6.45) is 2.82. The lowest BCUT2D eigenvalue weighted by Crippen LogP contribution is -2.54. The van der Waals surface area contributed by atoms with E-state index in [1.807, 2.05) is 12.1 Å². The minimum absolute atomic E-state index is 0.165. The molecule has 1 fully saturated rings. The van der Waals surface area contributed by atoms with Gasteiger partial charge in [0.15, 0.2) is 0 Å². The topological polar surface area (TPSA) is 75.9 Å². The summed E-state index contributed by atoms with van der Waals surface area (Å²) in [4.78, 5) is 17.5. The van der Waals surface area contributed by atoms with Crippen molar-refractivity contribution in [3.8, 4) is 11.3 Å². The van der Waals surface area contributed by atoms with Gasteiger partial charge in [0, 0.05) is 25.0 Å². The van der Waals surface area contributed by atoms with Gasteiger partial charge >= 0.3 is 0 Å². The van der Waals surface area contributed by atoms with Crippen molar-refractivity contribution in [2.45, 2.75) is 18.4 Å². The van der Waals surface area contributed by atoms with Crippen LogP contribution in [0.15, 0.2) is 48.7 Å². The second-order valence-corrected chi connectivity index (χ2v) is 6.76. The molecular weight excluding hydrogens is 349 g/mol. The minimum atomic E-state index is -0.713. The molecule has 140 valence electrons. The molecule has 0 saturated carbocycles. The van der Waals surface area contributed by atoms with E-state index in [1.54, 1.807) is 28.8 Å². The second-order valence-electron chi connectivity index (χ2n) is 6.76. The summed E-state index contributed by atoms with van der Waals surface area (Å²) in [6, 6.07) is 11.6. The largest absolute Gasteiger partial charge is 0.394 e. The molecule has 2 N–H and O–H groups in total. The van der Waals surface area contributed by atoms with Crippen molar-refractivity contribution < 1.29 is 19.0 Å². The normalized spacial score (nSPS) is 16.4. The highest BCUT2D eigenvalue weighted by atomic mass is 19.1. The van der Waals surface area contributed by atoms with Gasteiger partial charge in [-0.2, -0.15) is 0 Å². The molecule has 0 unspecified atom stereocenters. The van der Waals surface area contributed by atoms with E-state index in [2.05, 4.69) is 10.3 Å². The molecule has 0 atom stereocenters. The number of fused-ring (bicyclic) bond motifs is 1. The summed E-state index contributed by atoms with van der Waals surface area (Å²) >= 11 is 0. The summed E-state index contributed by atoms with van der Waals surface area (Å²) in [7, 11) is 0. The van der Waals surface area contributed by atoms with Crippen LogP contribution in [0.25, 0.3) is 16.8 Å². The molecule has 1 amide bonds. The first-order valence-corrected chi connectivity index (χ1v) is 8.86. The number of carbonyl (C=O) groups is 1. The number of pyridine rings is 1. The number of rotatable bonds is 4. The Hall–Kier alpha value is -2.77. The molecule has 1 aliphatic heterocycles. The average Bonchev–Trinajstić information content (AvgIpc) is 3.09. The van der Waals surface area contributed by atoms with Crippen molar-refractivity contribution in [1.82, 2.24) is 14.7 Å². The zero-order chi connectivity index (χ0) is 18.9. The molecule has 3 aromatic rings. The molecule has 1 saturated heterocycles. The number of hydrogen-bond donors (Lipinski definition) is 2. The molecule has 0 spiro atoms. The summed E-state index contributed by atoms with van der Waals surface area (Å²) < 4.78 is 20.7. The predicted molar refractivity (Wildman–Crippen MR) is 97.9 cm³/mol. The van der Waals surface area contributed by atoms with Crippen LogP contribution in [0.3, 0.4) is 0 Å². The van der Waals surface area contributed by atoms with Crippen LogP contribution >= 0.6 is 0 Å². The maximum Gasteiger partial charge on any atom is 0.288 e. The van der Waals surface area contributed by atoms with Crippen LogP contribution in [0.1, 0.15) is 23.5 Å². The molecule has 2 aromatic heterocycles. The fraction of sp³-hybridized carbons (Fsp3) is 0.300. The molecule has 6 nitrogen and oxygen atoms in total. The van der Waals surface area contributed by atoms with Crippen molar-refractivity contribution in [2.75, 3.05) is 19.8 Å². The van der Waals surface area contributed by atoms with Gasteiger partial charge in [-0.1, -0.05) is 18.2 Å². The third-order valence-corrected chi connectivity index (χ3v) is 4.98. The standard InChI is InChI=1S/C20H20FN3O3/c21-15-5-3-4-14(12-15)17-16-6-1-2-9-24(16)18(22-17)19(26)23-20(13-25)7-10-27-11-8-20/h1-6,9,12,25H,7-8,10-11,13H2,(H,23,26). The third-order valence-electron chi connectivity index (χ3n) is 4.98. The Morgan fingerprint density at radius 2 is 2.07 bits per heavy atom. The lowest BCUT2D eigenvalue weighted by atomic mass is 9.91. The Morgan fingerprint density at radius 1 is 1.26 bits per heavy atom. The maximum atomic E-state index is 13.7. The van der Waals surface area contributed by atoms with Crippen molar-refractivity contribution in [3.63, 3.8) is 0 Å². The number of ether oxygens (including phenoxy) is 1. The zero-order valence-corrected chi connectivity index (χ0v) is 14.7. The highest BCUT2D eigenvalue weighted by Gasteiger charge is 2.35. The molecule has 1 aliphatic rings. The van der Waals surface area contributed by atoms with Gasteiger partial charge in [0.05, 0.1) is 23.4 Å². The van der Waals surface area contributed by atoms with Crippen LogP contribution in [-0.2, 0) is 4.74 Å². The Balaban J connectivity index is 1.75. The Morgan fingerprint density at radius 3 is 2.81 bits per heavy atom. The fourth-order valence-corrected chi connectivity index (χ4v) is 3.43. The van der Waals surface area contributed by atoms with Crippen molar-refractivity contribution in [1.29, 1.82) is 0 Å². The van der Waals surface area contributed by atoms with Gasteiger partial charge < -0.3 is 15.2 Å². The Bertz CT molecular complexity index is 980. The Labute approximate surface area is 155 Å². The number of nitrogens with one attached hydrogen (secondary N) is 1. The number of aliphatic hydroxyl groups is 1. The quantitative estimate of drug-likeness (QED) is 0.741. The molecule has 4 rings (SSSR count). The molecule has 0 radical (unpaired) electrons. The van der Waals surface area contributed by atoms with Crippen LogP contribution in [0.5, 0.6) is 0 Å². The number of aliphatic hydroxyl groups excluding tert-OH is 1. The third kappa shape index (κ3) is 3.31. The average molecular weight is 369 g/mol. The lowest BCUT2D eigenvalue weighted by molar-refractivity contribution is 0.0123. The number of aromatic nitrogens is 2. The van der Waals surface area contributed by atoms with Gasteiger partial charge in [0.2, 0.25) is 5.82 Å². The summed E-state index contributed by atoms with van der Waals surface area (Å²) in [5.41, 5.74) is 1.12. The molecule has 3 heterocycles. The molecule has 0 aliphatic carbocycles. The van der Waals surface area contributed by atoms with Crippen LogP contribution in [0, 0.1) is 5.82 Å². The van der Waals surface area contributed by atoms with Crippen LogP contribution < -0.4 is 5.32 Å². The van der Waals surface area contributed by atoms with Gasteiger partial charge in [0.1, 0.15) is 5.82 Å².